The van der Waals surface area contributed by atoms with E-state index < -0.39 is 12.1 Å². The summed E-state index contributed by atoms with van der Waals surface area (Å²) in [5.41, 5.74) is 0. The maximum Gasteiger partial charge on any atom is 0.220 e. The summed E-state index contributed by atoms with van der Waals surface area (Å²) in [6, 6.07) is -0.656. The largest absolute Gasteiger partial charge is 0.394 e. The van der Waals surface area contributed by atoms with Gasteiger partial charge in [0.05, 0.1) is 18.8 Å². The summed E-state index contributed by atoms with van der Waals surface area (Å²) in [7, 11) is 0. The predicted octanol–water partition coefficient (Wildman–Crippen LogP) is 22.7. The summed E-state index contributed by atoms with van der Waals surface area (Å²) in [5.74, 6) is -0.0858. The number of rotatable bonds is 59. The van der Waals surface area contributed by atoms with Crippen molar-refractivity contribution in [2.45, 2.75) is 309 Å². The van der Waals surface area contributed by atoms with Crippen molar-refractivity contribution in [2.24, 2.45) is 0 Å². The summed E-state index contributed by atoms with van der Waals surface area (Å²) in [5, 5.41) is 23.2. The molecule has 4 heteroatoms. The zero-order valence-corrected chi connectivity index (χ0v) is 51.1. The Morgan fingerprint density at radius 2 is 0.577 bits per heavy atom. The number of carbonyl (C=O) groups excluding carboxylic acids is 1. The summed E-state index contributed by atoms with van der Waals surface area (Å²) < 4.78 is 0. The Morgan fingerprint density at radius 1 is 0.321 bits per heavy atom. The second kappa shape index (κ2) is 67.5. The van der Waals surface area contributed by atoms with Gasteiger partial charge in [0.1, 0.15) is 0 Å². The van der Waals surface area contributed by atoms with Gasteiger partial charge in [0, 0.05) is 6.42 Å². The van der Waals surface area contributed by atoms with Gasteiger partial charge in [-0.2, -0.15) is 0 Å². The van der Waals surface area contributed by atoms with E-state index in [1.165, 1.54) is 167 Å². The number of hydrogen-bond acceptors (Lipinski definition) is 3. The van der Waals surface area contributed by atoms with Crippen molar-refractivity contribution in [1.29, 1.82) is 0 Å². The zero-order valence-electron chi connectivity index (χ0n) is 51.1. The van der Waals surface area contributed by atoms with Crippen LogP contribution in [-0.4, -0.2) is 34.9 Å². The first kappa shape index (κ1) is 74.3. The number of hydrogen-bond donors (Lipinski definition) is 3. The number of nitrogens with one attached hydrogen (secondary N) is 1. The molecule has 4 nitrogen and oxygen atoms in total. The van der Waals surface area contributed by atoms with Gasteiger partial charge in [-0.1, -0.05) is 327 Å². The van der Waals surface area contributed by atoms with Crippen LogP contribution in [0.2, 0.25) is 0 Å². The third-order valence-corrected chi connectivity index (χ3v) is 14.3. The first-order chi connectivity index (χ1) is 38.7. The van der Waals surface area contributed by atoms with Gasteiger partial charge >= 0.3 is 0 Å². The van der Waals surface area contributed by atoms with Crippen molar-refractivity contribution in [3.8, 4) is 0 Å². The van der Waals surface area contributed by atoms with Crippen molar-refractivity contribution < 1.29 is 15.0 Å². The van der Waals surface area contributed by atoms with Gasteiger partial charge in [-0.05, 0) is 109 Å². The van der Waals surface area contributed by atoms with Crippen molar-refractivity contribution in [3.63, 3.8) is 0 Å². The molecule has 0 aromatic rings. The Balaban J connectivity index is 3.62. The summed E-state index contributed by atoms with van der Waals surface area (Å²) in [4.78, 5) is 12.5. The van der Waals surface area contributed by atoms with E-state index in [1.807, 2.05) is 6.08 Å². The first-order valence-electron chi connectivity index (χ1n) is 33.0. The van der Waals surface area contributed by atoms with Gasteiger partial charge < -0.3 is 15.5 Å². The maximum absolute atomic E-state index is 12.5. The van der Waals surface area contributed by atoms with Crippen LogP contribution in [0.3, 0.4) is 0 Å². The van der Waals surface area contributed by atoms with Crippen LogP contribution in [0.5, 0.6) is 0 Å². The molecule has 0 saturated carbocycles. The molecule has 0 aromatic heterocycles. The quantitative estimate of drug-likeness (QED) is 0.0420. The molecule has 0 spiro atoms. The van der Waals surface area contributed by atoms with Crippen LogP contribution in [0, 0.1) is 0 Å². The molecule has 0 rings (SSSR count). The van der Waals surface area contributed by atoms with Crippen LogP contribution >= 0.6 is 0 Å². The third kappa shape index (κ3) is 63.1. The fourth-order valence-electron chi connectivity index (χ4n) is 9.34. The van der Waals surface area contributed by atoms with Gasteiger partial charge in [0.15, 0.2) is 0 Å². The molecule has 2 atom stereocenters. The standard InChI is InChI=1S/C74H125NO3/c1-3-5-7-9-11-13-15-17-19-21-23-25-27-29-31-32-33-34-35-36-37-38-39-40-41-42-44-46-48-50-52-54-56-58-60-62-64-66-68-70-74(78)75-72(71-76)73(77)69-67-65-63-61-59-57-55-53-51-49-47-45-43-30-28-26-24-22-20-18-16-14-12-10-8-6-4-2/h5,7,11,13,17,19,23,25,29,31,33-34,36-37,39-40,42,44,48,50,59,61,67,69,72-73,76-77H,3-4,6,8-10,12,14-16,18,20-22,24,26-28,30,32,35,38,41,43,45-47,49,51-58,60,62-66,68,70-71H2,1-2H3,(H,75,78)/b7-5-,13-11-,19-17-,25-23-,31-29-,34-33-,37-36-,40-39-,44-42-,50-48-,61-59+,69-67+. The lowest BCUT2D eigenvalue weighted by atomic mass is 10.0. The zero-order chi connectivity index (χ0) is 56.2. The van der Waals surface area contributed by atoms with Crippen molar-refractivity contribution >= 4 is 5.91 Å². The normalized spacial score (nSPS) is 13.7. The summed E-state index contributed by atoms with van der Waals surface area (Å²) in [6.07, 6.45) is 106. The molecule has 0 radical (unpaired) electrons. The minimum absolute atomic E-state index is 0.0858. The number of allylic oxidation sites excluding steroid dienone is 23. The number of aliphatic hydroxyl groups excluding tert-OH is 2. The monoisotopic (exact) mass is 1080 g/mol. The topological polar surface area (TPSA) is 69.6 Å². The van der Waals surface area contributed by atoms with Crippen molar-refractivity contribution in [3.05, 3.63) is 146 Å². The predicted molar refractivity (Wildman–Crippen MR) is 349 cm³/mol. The van der Waals surface area contributed by atoms with E-state index in [0.29, 0.717) is 6.42 Å². The Bertz CT molecular complexity index is 1600. The summed E-state index contributed by atoms with van der Waals surface area (Å²) >= 11 is 0. The molecule has 0 saturated heterocycles. The fraction of sp³-hybridized carbons (Fsp3) is 0.662. The molecule has 0 aliphatic heterocycles. The van der Waals surface area contributed by atoms with E-state index in [1.54, 1.807) is 6.08 Å². The molecule has 78 heavy (non-hydrogen) atoms. The van der Waals surface area contributed by atoms with Crippen molar-refractivity contribution in [2.75, 3.05) is 6.61 Å². The second-order valence-corrected chi connectivity index (χ2v) is 21.8. The van der Waals surface area contributed by atoms with Gasteiger partial charge in [-0.3, -0.25) is 4.79 Å². The second-order valence-electron chi connectivity index (χ2n) is 21.8. The smallest absolute Gasteiger partial charge is 0.220 e. The number of aliphatic hydroxyl groups is 2. The Labute approximate surface area is 484 Å². The molecule has 0 heterocycles. The Kier molecular flexibility index (Phi) is 64.3. The molecule has 2 unspecified atom stereocenters. The third-order valence-electron chi connectivity index (χ3n) is 14.3. The minimum Gasteiger partial charge on any atom is -0.394 e. The lowest BCUT2D eigenvalue weighted by molar-refractivity contribution is -0.123. The SMILES string of the molecule is CC/C=C\C/C=C\C/C=C\C/C=C\C/C=C\C/C=C\C/C=C\C/C=C\C/C=C\C/C=C\CCCCCCCCCCC(=O)NC(CO)C(O)/C=C/CC/C=C/CCCCCCCCCCCCCCCCCCCCCCC. The lowest BCUT2D eigenvalue weighted by Crippen LogP contribution is -2.45. The van der Waals surface area contributed by atoms with Crippen LogP contribution in [0.1, 0.15) is 296 Å². The fourth-order valence-corrected chi connectivity index (χ4v) is 9.34. The van der Waals surface area contributed by atoms with Crippen LogP contribution in [0.4, 0.5) is 0 Å². The highest BCUT2D eigenvalue weighted by Gasteiger charge is 2.18. The van der Waals surface area contributed by atoms with Crippen LogP contribution in [0.25, 0.3) is 0 Å². The molecule has 0 aromatic carbocycles. The summed E-state index contributed by atoms with van der Waals surface area (Å²) in [6.45, 7) is 4.19. The highest BCUT2D eigenvalue weighted by atomic mass is 16.3. The molecular formula is C74H125NO3. The van der Waals surface area contributed by atoms with Gasteiger partial charge in [-0.15, -0.1) is 0 Å². The molecule has 0 aliphatic carbocycles. The lowest BCUT2D eigenvalue weighted by Gasteiger charge is -2.19. The van der Waals surface area contributed by atoms with Gasteiger partial charge in [-0.25, -0.2) is 0 Å². The van der Waals surface area contributed by atoms with Crippen LogP contribution in [-0.2, 0) is 4.79 Å². The highest BCUT2D eigenvalue weighted by molar-refractivity contribution is 5.76. The van der Waals surface area contributed by atoms with Gasteiger partial charge in [0.2, 0.25) is 5.91 Å². The average molecular weight is 1080 g/mol. The van der Waals surface area contributed by atoms with E-state index in [-0.39, 0.29) is 12.5 Å². The first-order valence-corrected chi connectivity index (χ1v) is 33.0. The number of amides is 1. The number of carbonyl (C=O) groups is 1. The molecule has 0 aliphatic rings. The van der Waals surface area contributed by atoms with Crippen LogP contribution < -0.4 is 5.32 Å². The molecule has 1 amide bonds. The van der Waals surface area contributed by atoms with E-state index >= 15 is 0 Å². The van der Waals surface area contributed by atoms with E-state index in [9.17, 15) is 15.0 Å². The van der Waals surface area contributed by atoms with E-state index in [0.717, 1.165) is 109 Å². The van der Waals surface area contributed by atoms with E-state index in [2.05, 4.69) is 153 Å². The average Bonchev–Trinajstić information content (AvgIpc) is 3.44. The highest BCUT2D eigenvalue weighted by Crippen LogP contribution is 2.16. The molecule has 0 fully saturated rings. The number of unbranched alkanes of at least 4 members (excludes halogenated alkanes) is 30. The van der Waals surface area contributed by atoms with Crippen molar-refractivity contribution in [1.82, 2.24) is 5.32 Å². The molecule has 444 valence electrons. The molecular weight excluding hydrogens is 951 g/mol. The maximum atomic E-state index is 12.5. The Hall–Kier alpha value is -3.73. The Morgan fingerprint density at radius 3 is 0.897 bits per heavy atom. The minimum atomic E-state index is -0.878. The molecule has 0 bridgehead atoms. The van der Waals surface area contributed by atoms with E-state index in [4.69, 9.17) is 0 Å². The molecule has 3 N–H and O–H groups in total. The van der Waals surface area contributed by atoms with Crippen LogP contribution in [0.15, 0.2) is 146 Å². The van der Waals surface area contributed by atoms with Gasteiger partial charge in [0.25, 0.3) is 0 Å².